The van der Waals surface area contributed by atoms with Crippen LogP contribution in [0.1, 0.15) is 57.7 Å². The topological polar surface area (TPSA) is 12.9 Å². The van der Waals surface area contributed by atoms with Gasteiger partial charge < -0.3 is 0 Å². The number of hydrogen-bond acceptors (Lipinski definition) is 2. The van der Waals surface area contributed by atoms with Crippen LogP contribution < -0.4 is 0 Å². The molecule has 74 valence electrons. The second-order valence-corrected chi connectivity index (χ2v) is 5.49. The molecule has 0 bridgehead atoms. The maximum absolute atomic E-state index is 4.67. The summed E-state index contributed by atoms with van der Waals surface area (Å²) in [7, 11) is 0. The summed E-state index contributed by atoms with van der Waals surface area (Å²) in [4.78, 5) is 4.67. The van der Waals surface area contributed by atoms with Crippen molar-refractivity contribution in [2.45, 2.75) is 52.4 Å². The lowest BCUT2D eigenvalue weighted by Gasteiger charge is -2.14. The molecule has 1 rings (SSSR count). The molecule has 0 saturated heterocycles. The van der Waals surface area contributed by atoms with Gasteiger partial charge in [-0.3, -0.25) is 0 Å². The van der Waals surface area contributed by atoms with Crippen LogP contribution in [0.15, 0.2) is 5.38 Å². The molecule has 1 aromatic heterocycles. The predicted octanol–water partition coefficient (Wildman–Crippen LogP) is 3.95. The van der Waals surface area contributed by atoms with Crippen LogP contribution >= 0.6 is 11.3 Å². The number of hydrogen-bond donors (Lipinski definition) is 0. The zero-order chi connectivity index (χ0) is 10.1. The Balaban J connectivity index is 2.87. The molecule has 0 aliphatic heterocycles. The minimum atomic E-state index is 0.205. The average Bonchev–Trinajstić information content (AvgIpc) is 2.50. The minimum absolute atomic E-state index is 0.205. The third-order valence-electron chi connectivity index (χ3n) is 2.28. The molecular weight excluding hydrogens is 178 g/mol. The highest BCUT2D eigenvalue weighted by molar-refractivity contribution is 7.09. The van der Waals surface area contributed by atoms with E-state index in [0.717, 1.165) is 0 Å². The van der Waals surface area contributed by atoms with E-state index in [0.29, 0.717) is 5.92 Å². The monoisotopic (exact) mass is 197 g/mol. The molecule has 1 heterocycles. The first-order chi connectivity index (χ1) is 5.95. The van der Waals surface area contributed by atoms with Gasteiger partial charge in [-0.05, 0) is 12.3 Å². The van der Waals surface area contributed by atoms with Crippen LogP contribution in [0.3, 0.4) is 0 Å². The molecule has 0 saturated carbocycles. The van der Waals surface area contributed by atoms with Gasteiger partial charge in [-0.25, -0.2) is 4.98 Å². The van der Waals surface area contributed by atoms with E-state index in [2.05, 4.69) is 45.0 Å². The van der Waals surface area contributed by atoms with Crippen LogP contribution in [0, 0.1) is 0 Å². The lowest BCUT2D eigenvalue weighted by Crippen LogP contribution is -2.10. The molecule has 0 aromatic carbocycles. The SMILES string of the molecule is CCC(C)c1csc(C(C)(C)C)n1. The summed E-state index contributed by atoms with van der Waals surface area (Å²) in [6.07, 6.45) is 1.17. The van der Waals surface area contributed by atoms with Gasteiger partial charge in [-0.15, -0.1) is 11.3 Å². The molecule has 1 unspecified atom stereocenters. The summed E-state index contributed by atoms with van der Waals surface area (Å²) in [6.45, 7) is 11.1. The number of nitrogens with zero attached hydrogens (tertiary/aromatic N) is 1. The molecule has 2 heteroatoms. The molecule has 1 aromatic rings. The van der Waals surface area contributed by atoms with Crippen LogP contribution in [0.5, 0.6) is 0 Å². The zero-order valence-electron chi connectivity index (χ0n) is 9.22. The number of thiazole rings is 1. The van der Waals surface area contributed by atoms with Gasteiger partial charge in [0.2, 0.25) is 0 Å². The zero-order valence-corrected chi connectivity index (χ0v) is 10.0. The maximum atomic E-state index is 4.67. The fraction of sp³-hybridized carbons (Fsp3) is 0.727. The fourth-order valence-corrected chi connectivity index (χ4v) is 2.10. The summed E-state index contributed by atoms with van der Waals surface area (Å²) in [5, 5.41) is 3.46. The maximum Gasteiger partial charge on any atom is 0.0981 e. The van der Waals surface area contributed by atoms with Crippen molar-refractivity contribution >= 4 is 11.3 Å². The number of rotatable bonds is 2. The van der Waals surface area contributed by atoms with E-state index in [1.807, 2.05) is 0 Å². The molecule has 0 fully saturated rings. The van der Waals surface area contributed by atoms with Crippen molar-refractivity contribution < 1.29 is 0 Å². The van der Waals surface area contributed by atoms with E-state index in [1.54, 1.807) is 11.3 Å². The normalized spacial score (nSPS) is 14.5. The van der Waals surface area contributed by atoms with Crippen LogP contribution in [0.2, 0.25) is 0 Å². The molecule has 0 spiro atoms. The molecule has 0 radical (unpaired) electrons. The van der Waals surface area contributed by atoms with E-state index in [4.69, 9.17) is 0 Å². The quantitative estimate of drug-likeness (QED) is 0.699. The standard InChI is InChI=1S/C11H19NS/c1-6-8(2)9-7-13-10(12-9)11(3,4)5/h7-8H,6H2,1-5H3. The first-order valence-electron chi connectivity index (χ1n) is 4.91. The Labute approximate surface area is 85.2 Å². The molecule has 0 N–H and O–H groups in total. The molecule has 1 nitrogen and oxygen atoms in total. The smallest absolute Gasteiger partial charge is 0.0981 e. The Morgan fingerprint density at radius 3 is 2.46 bits per heavy atom. The lowest BCUT2D eigenvalue weighted by molar-refractivity contribution is 0.578. The third-order valence-corrected chi connectivity index (χ3v) is 3.57. The van der Waals surface area contributed by atoms with Gasteiger partial charge in [0.15, 0.2) is 0 Å². The van der Waals surface area contributed by atoms with Gasteiger partial charge in [0.25, 0.3) is 0 Å². The number of aromatic nitrogens is 1. The van der Waals surface area contributed by atoms with Crippen molar-refractivity contribution in [3.8, 4) is 0 Å². The highest BCUT2D eigenvalue weighted by atomic mass is 32.1. The minimum Gasteiger partial charge on any atom is -0.245 e. The van der Waals surface area contributed by atoms with E-state index >= 15 is 0 Å². The van der Waals surface area contributed by atoms with Gasteiger partial charge in [-0.2, -0.15) is 0 Å². The summed E-state index contributed by atoms with van der Waals surface area (Å²) in [5.41, 5.74) is 1.47. The summed E-state index contributed by atoms with van der Waals surface area (Å²) in [6, 6.07) is 0. The van der Waals surface area contributed by atoms with Gasteiger partial charge in [0.1, 0.15) is 0 Å². The first kappa shape index (κ1) is 10.7. The predicted molar refractivity (Wildman–Crippen MR) is 59.5 cm³/mol. The van der Waals surface area contributed by atoms with Crippen molar-refractivity contribution in [1.82, 2.24) is 4.98 Å². The van der Waals surface area contributed by atoms with Crippen molar-refractivity contribution in [3.63, 3.8) is 0 Å². The van der Waals surface area contributed by atoms with Crippen LogP contribution in [0.25, 0.3) is 0 Å². The summed E-state index contributed by atoms with van der Waals surface area (Å²) >= 11 is 1.79. The molecule has 0 aliphatic carbocycles. The van der Waals surface area contributed by atoms with E-state index in [9.17, 15) is 0 Å². The molecule has 0 aliphatic rings. The Hall–Kier alpha value is -0.370. The van der Waals surface area contributed by atoms with E-state index < -0.39 is 0 Å². The van der Waals surface area contributed by atoms with Crippen molar-refractivity contribution in [3.05, 3.63) is 16.1 Å². The highest BCUT2D eigenvalue weighted by Crippen LogP contribution is 2.28. The van der Waals surface area contributed by atoms with Gasteiger partial charge >= 0.3 is 0 Å². The largest absolute Gasteiger partial charge is 0.245 e. The summed E-state index contributed by atoms with van der Waals surface area (Å²) < 4.78 is 0. The van der Waals surface area contributed by atoms with Gasteiger partial charge in [0.05, 0.1) is 10.7 Å². The third kappa shape index (κ3) is 2.53. The van der Waals surface area contributed by atoms with E-state index in [-0.39, 0.29) is 5.41 Å². The first-order valence-corrected chi connectivity index (χ1v) is 5.79. The van der Waals surface area contributed by atoms with Crippen LogP contribution in [-0.4, -0.2) is 4.98 Å². The van der Waals surface area contributed by atoms with Crippen LogP contribution in [-0.2, 0) is 5.41 Å². The second-order valence-electron chi connectivity index (χ2n) is 4.64. The Morgan fingerprint density at radius 1 is 1.46 bits per heavy atom. The van der Waals surface area contributed by atoms with Gasteiger partial charge in [-0.1, -0.05) is 34.6 Å². The van der Waals surface area contributed by atoms with Crippen molar-refractivity contribution in [2.24, 2.45) is 0 Å². The lowest BCUT2D eigenvalue weighted by atomic mass is 9.98. The fourth-order valence-electron chi connectivity index (χ4n) is 1.07. The Kier molecular flexibility index (Phi) is 3.12. The average molecular weight is 197 g/mol. The van der Waals surface area contributed by atoms with Crippen molar-refractivity contribution in [1.29, 1.82) is 0 Å². The summed E-state index contributed by atoms with van der Waals surface area (Å²) in [5.74, 6) is 0.604. The second kappa shape index (κ2) is 3.79. The highest BCUT2D eigenvalue weighted by Gasteiger charge is 2.19. The molecule has 1 atom stereocenters. The molecular formula is C11H19NS. The Morgan fingerprint density at radius 2 is 2.08 bits per heavy atom. The van der Waals surface area contributed by atoms with E-state index in [1.165, 1.54) is 17.1 Å². The Bertz CT molecular complexity index is 270. The molecule has 0 amide bonds. The van der Waals surface area contributed by atoms with Crippen LogP contribution in [0.4, 0.5) is 0 Å². The van der Waals surface area contributed by atoms with Gasteiger partial charge in [0, 0.05) is 10.8 Å². The van der Waals surface area contributed by atoms with Crippen molar-refractivity contribution in [2.75, 3.05) is 0 Å². The molecule has 13 heavy (non-hydrogen) atoms.